The molecule has 0 heterocycles. The minimum atomic E-state index is -0.587. The van der Waals surface area contributed by atoms with Crippen molar-refractivity contribution in [2.45, 2.75) is 71.0 Å². The maximum atomic E-state index is 12.4. The van der Waals surface area contributed by atoms with Crippen molar-refractivity contribution in [3.8, 4) is 0 Å². The molecule has 0 aliphatic rings. The third-order valence-electron chi connectivity index (χ3n) is 4.26. The van der Waals surface area contributed by atoms with E-state index < -0.39 is 17.8 Å². The third-order valence-corrected chi connectivity index (χ3v) is 4.26. The molecule has 0 unspecified atom stereocenters. The highest BCUT2D eigenvalue weighted by atomic mass is 16.6. The van der Waals surface area contributed by atoms with E-state index in [4.69, 9.17) is 19.7 Å². The van der Waals surface area contributed by atoms with Crippen LogP contribution in [0, 0.1) is 0 Å². The van der Waals surface area contributed by atoms with Crippen LogP contribution < -0.4 is 5.32 Å². The quantitative estimate of drug-likeness (QED) is 0.340. The molecule has 0 rings (SSSR count). The van der Waals surface area contributed by atoms with Gasteiger partial charge in [-0.15, -0.1) is 0 Å². The van der Waals surface area contributed by atoms with E-state index in [9.17, 15) is 9.59 Å². The number of hydrogen-bond acceptors (Lipinski definition) is 7. The van der Waals surface area contributed by atoms with Gasteiger partial charge in [0.25, 0.3) is 0 Å². The van der Waals surface area contributed by atoms with Gasteiger partial charge in [0, 0.05) is 39.4 Å². The van der Waals surface area contributed by atoms with Crippen molar-refractivity contribution in [2.24, 2.45) is 0 Å². The van der Waals surface area contributed by atoms with Crippen LogP contribution in [-0.2, 0) is 9.47 Å². The predicted molar refractivity (Wildman–Crippen MR) is 117 cm³/mol. The van der Waals surface area contributed by atoms with E-state index in [0.717, 1.165) is 12.8 Å². The number of alkyl carbamates (subject to hydrolysis) is 1. The second-order valence-electron chi connectivity index (χ2n) is 8.66. The molecule has 0 aromatic carbocycles. The van der Waals surface area contributed by atoms with Gasteiger partial charge in [-0.05, 0) is 73.4 Å². The van der Waals surface area contributed by atoms with Gasteiger partial charge in [-0.1, -0.05) is 0 Å². The van der Waals surface area contributed by atoms with Gasteiger partial charge in [0.15, 0.2) is 0 Å². The van der Waals surface area contributed by atoms with Gasteiger partial charge in [-0.2, -0.15) is 0 Å². The fourth-order valence-electron chi connectivity index (χ4n) is 2.66. The lowest BCUT2D eigenvalue weighted by atomic mass is 10.1. The Morgan fingerprint density at radius 2 is 1.50 bits per heavy atom. The standard InChI is InChI=1S/C21H43N3O6/c1-21(2,3)30-20(28)24(15-14-23(4)5)13-12-22-19(27)29-18(10-6-8-16-25)11-7-9-17-26/h18,25-26H,6-17H2,1-5H3,(H,22,27). The molecule has 0 fully saturated rings. The molecule has 0 saturated heterocycles. The Balaban J connectivity index is 4.57. The number of unbranched alkanes of at least 4 members (excludes halogenated alkanes) is 2. The van der Waals surface area contributed by atoms with Crippen molar-refractivity contribution in [1.82, 2.24) is 15.1 Å². The average Bonchev–Trinajstić information content (AvgIpc) is 2.63. The van der Waals surface area contributed by atoms with Crippen LogP contribution in [-0.4, -0.2) is 97.4 Å². The molecule has 0 spiro atoms. The molecule has 0 atom stereocenters. The Labute approximate surface area is 181 Å². The fourth-order valence-corrected chi connectivity index (χ4v) is 2.66. The SMILES string of the molecule is CN(C)CCN(CCNC(=O)OC(CCCCO)CCCCO)C(=O)OC(C)(C)C. The highest BCUT2D eigenvalue weighted by Crippen LogP contribution is 2.13. The largest absolute Gasteiger partial charge is 0.446 e. The zero-order valence-corrected chi connectivity index (χ0v) is 19.5. The number of amides is 2. The van der Waals surface area contributed by atoms with Gasteiger partial charge in [0.1, 0.15) is 11.7 Å². The first-order valence-electron chi connectivity index (χ1n) is 10.9. The zero-order valence-electron chi connectivity index (χ0n) is 19.5. The van der Waals surface area contributed by atoms with E-state index in [2.05, 4.69) is 5.32 Å². The Morgan fingerprint density at radius 3 is 1.97 bits per heavy atom. The number of carbonyl (C=O) groups is 2. The first-order chi connectivity index (χ1) is 14.1. The van der Waals surface area contributed by atoms with Crippen LogP contribution in [0.15, 0.2) is 0 Å². The Morgan fingerprint density at radius 1 is 0.933 bits per heavy atom. The number of nitrogens with zero attached hydrogens (tertiary/aromatic N) is 2. The fraction of sp³-hybridized carbons (Fsp3) is 0.905. The molecule has 2 amide bonds. The van der Waals surface area contributed by atoms with Gasteiger partial charge in [0.05, 0.1) is 0 Å². The van der Waals surface area contributed by atoms with E-state index in [1.54, 1.807) is 4.90 Å². The molecule has 3 N–H and O–H groups in total. The van der Waals surface area contributed by atoms with Crippen LogP contribution in [0.5, 0.6) is 0 Å². The lowest BCUT2D eigenvalue weighted by Crippen LogP contribution is -2.44. The number of rotatable bonds is 15. The predicted octanol–water partition coefficient (Wildman–Crippen LogP) is 2.21. The molecule has 0 aliphatic heterocycles. The summed E-state index contributed by atoms with van der Waals surface area (Å²) in [6.07, 6.45) is 3.03. The Kier molecular flexibility index (Phi) is 15.3. The summed E-state index contributed by atoms with van der Waals surface area (Å²) < 4.78 is 11.0. The summed E-state index contributed by atoms with van der Waals surface area (Å²) in [6.45, 7) is 7.43. The molecular weight excluding hydrogens is 390 g/mol. The molecular formula is C21H43N3O6. The smallest absolute Gasteiger partial charge is 0.410 e. The van der Waals surface area contributed by atoms with Crippen molar-refractivity contribution in [3.63, 3.8) is 0 Å². The van der Waals surface area contributed by atoms with Crippen molar-refractivity contribution < 1.29 is 29.3 Å². The molecule has 30 heavy (non-hydrogen) atoms. The summed E-state index contributed by atoms with van der Waals surface area (Å²) in [5.74, 6) is 0. The van der Waals surface area contributed by atoms with Crippen LogP contribution in [0.1, 0.15) is 59.3 Å². The Bertz CT molecular complexity index is 458. The summed E-state index contributed by atoms with van der Waals surface area (Å²) in [4.78, 5) is 28.2. The molecule has 0 aromatic heterocycles. The second kappa shape index (κ2) is 16.2. The lowest BCUT2D eigenvalue weighted by molar-refractivity contribution is 0.0237. The molecule has 9 nitrogen and oxygen atoms in total. The van der Waals surface area contributed by atoms with Crippen LogP contribution in [0.4, 0.5) is 9.59 Å². The highest BCUT2D eigenvalue weighted by molar-refractivity contribution is 5.69. The van der Waals surface area contributed by atoms with E-state index in [1.165, 1.54) is 0 Å². The number of aliphatic hydroxyl groups excluding tert-OH is 2. The first kappa shape index (κ1) is 28.4. The van der Waals surface area contributed by atoms with Crippen molar-refractivity contribution in [1.29, 1.82) is 0 Å². The summed E-state index contributed by atoms with van der Waals surface area (Å²) in [5, 5.41) is 20.6. The molecule has 0 aliphatic carbocycles. The first-order valence-corrected chi connectivity index (χ1v) is 10.9. The number of likely N-dealkylation sites (N-methyl/N-ethyl adjacent to an activating group) is 1. The van der Waals surface area contributed by atoms with Crippen molar-refractivity contribution in [2.75, 3.05) is 53.5 Å². The summed E-state index contributed by atoms with van der Waals surface area (Å²) in [7, 11) is 3.85. The normalized spacial score (nSPS) is 11.6. The summed E-state index contributed by atoms with van der Waals surface area (Å²) in [6, 6.07) is 0. The molecule has 9 heteroatoms. The Hall–Kier alpha value is -1.58. The minimum absolute atomic E-state index is 0.114. The van der Waals surface area contributed by atoms with Gasteiger partial charge < -0.3 is 34.8 Å². The molecule has 0 aromatic rings. The maximum absolute atomic E-state index is 12.4. The van der Waals surface area contributed by atoms with E-state index in [1.807, 2.05) is 39.8 Å². The highest BCUT2D eigenvalue weighted by Gasteiger charge is 2.22. The second-order valence-corrected chi connectivity index (χ2v) is 8.66. The van der Waals surface area contributed by atoms with Crippen LogP contribution in [0.25, 0.3) is 0 Å². The monoisotopic (exact) mass is 433 g/mol. The molecule has 0 saturated carbocycles. The summed E-state index contributed by atoms with van der Waals surface area (Å²) >= 11 is 0. The summed E-state index contributed by atoms with van der Waals surface area (Å²) in [5.41, 5.74) is -0.587. The van der Waals surface area contributed by atoms with Crippen LogP contribution in [0.3, 0.4) is 0 Å². The molecule has 0 bridgehead atoms. The minimum Gasteiger partial charge on any atom is -0.446 e. The van der Waals surface area contributed by atoms with Crippen molar-refractivity contribution in [3.05, 3.63) is 0 Å². The zero-order chi connectivity index (χ0) is 23.0. The van der Waals surface area contributed by atoms with E-state index in [0.29, 0.717) is 45.3 Å². The number of nitrogens with one attached hydrogen (secondary N) is 1. The van der Waals surface area contributed by atoms with Gasteiger partial charge in [0.2, 0.25) is 0 Å². The topological polar surface area (TPSA) is 112 Å². The van der Waals surface area contributed by atoms with Crippen LogP contribution >= 0.6 is 0 Å². The number of aliphatic hydroxyl groups is 2. The van der Waals surface area contributed by atoms with Gasteiger partial charge >= 0.3 is 12.2 Å². The van der Waals surface area contributed by atoms with Gasteiger partial charge in [-0.25, -0.2) is 9.59 Å². The number of carbonyl (C=O) groups excluding carboxylic acids is 2. The molecule has 178 valence electrons. The van der Waals surface area contributed by atoms with E-state index >= 15 is 0 Å². The lowest BCUT2D eigenvalue weighted by Gasteiger charge is -2.28. The van der Waals surface area contributed by atoms with E-state index in [-0.39, 0.29) is 25.9 Å². The number of ether oxygens (including phenoxy) is 2. The average molecular weight is 434 g/mol. The third kappa shape index (κ3) is 16.2. The van der Waals surface area contributed by atoms with Crippen LogP contribution in [0.2, 0.25) is 0 Å². The van der Waals surface area contributed by atoms with Crippen molar-refractivity contribution >= 4 is 12.2 Å². The molecule has 0 radical (unpaired) electrons. The van der Waals surface area contributed by atoms with Gasteiger partial charge in [-0.3, -0.25) is 0 Å². The maximum Gasteiger partial charge on any atom is 0.410 e. The number of hydrogen-bond donors (Lipinski definition) is 3.